The summed E-state index contributed by atoms with van der Waals surface area (Å²) in [5.74, 6) is 1.20. The first-order valence-electron chi connectivity index (χ1n) is 11.3. The molecule has 1 aliphatic heterocycles. The van der Waals surface area contributed by atoms with Crippen molar-refractivity contribution >= 4 is 34.7 Å². The van der Waals surface area contributed by atoms with Gasteiger partial charge in [0.05, 0.1) is 23.4 Å². The Morgan fingerprint density at radius 2 is 1.86 bits per heavy atom. The number of hydrogen-bond acceptors (Lipinski definition) is 5. The Morgan fingerprint density at radius 1 is 1.08 bits per heavy atom. The van der Waals surface area contributed by atoms with Crippen LogP contribution in [0, 0.1) is 0 Å². The van der Waals surface area contributed by atoms with Crippen molar-refractivity contribution in [3.63, 3.8) is 0 Å². The maximum atomic E-state index is 13.6. The molecule has 180 valence electrons. The van der Waals surface area contributed by atoms with Crippen molar-refractivity contribution in [3.8, 4) is 11.5 Å². The lowest BCUT2D eigenvalue weighted by Gasteiger charge is -2.19. The summed E-state index contributed by atoms with van der Waals surface area (Å²) in [5, 5.41) is 0.646. The second-order valence-corrected chi connectivity index (χ2v) is 9.55. The molecule has 0 N–H and O–H groups in total. The normalized spacial score (nSPS) is 15.0. The van der Waals surface area contributed by atoms with Crippen molar-refractivity contribution in [2.75, 3.05) is 13.7 Å². The lowest BCUT2D eigenvalue weighted by atomic mass is 10.0. The van der Waals surface area contributed by atoms with Gasteiger partial charge < -0.3 is 9.47 Å². The van der Waals surface area contributed by atoms with E-state index in [2.05, 4.69) is 6.58 Å². The fourth-order valence-corrected chi connectivity index (χ4v) is 5.18. The van der Waals surface area contributed by atoms with Gasteiger partial charge in [0.25, 0.3) is 5.56 Å². The van der Waals surface area contributed by atoms with Gasteiger partial charge in [0, 0.05) is 5.02 Å². The first-order chi connectivity index (χ1) is 17.6. The van der Waals surface area contributed by atoms with Crippen molar-refractivity contribution in [1.29, 1.82) is 0 Å². The predicted molar refractivity (Wildman–Crippen MR) is 146 cm³/mol. The molecule has 1 atom stereocenters. The lowest BCUT2D eigenvalue weighted by Crippen LogP contribution is -2.36. The van der Waals surface area contributed by atoms with Gasteiger partial charge in [0.1, 0.15) is 6.61 Å². The standard InChI is InChI=1S/C29H23ClN2O3S/c1-3-15-35-25-14-9-19(16-26(25)34-2)17-27-28(33)32-24(21-10-12-22(30)13-11-21)18-23(31-29(32)36-27)20-7-5-4-6-8-20/h3-14,16-18,24H,1,15H2,2H3. The van der Waals surface area contributed by atoms with Crippen LogP contribution in [0.15, 0.2) is 101 Å². The molecule has 0 fully saturated rings. The number of fused-ring (bicyclic) bond motifs is 1. The number of ether oxygens (including phenoxy) is 2. The average Bonchev–Trinajstić information content (AvgIpc) is 3.23. The second kappa shape index (κ2) is 10.4. The number of benzene rings is 3. The molecule has 0 spiro atoms. The molecule has 0 radical (unpaired) electrons. The van der Waals surface area contributed by atoms with E-state index in [0.717, 1.165) is 22.4 Å². The fraction of sp³-hybridized carbons (Fsp3) is 0.103. The molecule has 0 bridgehead atoms. The van der Waals surface area contributed by atoms with Crippen LogP contribution in [-0.2, 0) is 0 Å². The van der Waals surface area contributed by atoms with Crippen LogP contribution >= 0.6 is 22.9 Å². The number of allylic oxidation sites excluding steroid dienone is 1. The van der Waals surface area contributed by atoms with E-state index < -0.39 is 0 Å². The van der Waals surface area contributed by atoms with Crippen LogP contribution in [0.4, 0.5) is 0 Å². The Hall–Kier alpha value is -3.87. The zero-order chi connectivity index (χ0) is 25.1. The van der Waals surface area contributed by atoms with Crippen molar-refractivity contribution in [3.05, 3.63) is 133 Å². The third-order valence-corrected chi connectivity index (χ3v) is 7.01. The van der Waals surface area contributed by atoms with Gasteiger partial charge in [-0.3, -0.25) is 9.36 Å². The number of aromatic nitrogens is 1. The molecule has 1 aliphatic rings. The van der Waals surface area contributed by atoms with Gasteiger partial charge in [-0.05, 0) is 53.1 Å². The molecular formula is C29H23ClN2O3S. The quantitative estimate of drug-likeness (QED) is 0.317. The van der Waals surface area contributed by atoms with Crippen LogP contribution in [0.3, 0.4) is 0 Å². The zero-order valence-electron chi connectivity index (χ0n) is 19.6. The maximum absolute atomic E-state index is 13.6. The van der Waals surface area contributed by atoms with Gasteiger partial charge >= 0.3 is 0 Å². The molecule has 0 aliphatic carbocycles. The Kier molecular flexibility index (Phi) is 6.89. The number of nitrogens with zero attached hydrogens (tertiary/aromatic N) is 2. The fourth-order valence-electron chi connectivity index (χ4n) is 4.04. The van der Waals surface area contributed by atoms with Crippen LogP contribution in [0.2, 0.25) is 5.02 Å². The Labute approximate surface area is 217 Å². The highest BCUT2D eigenvalue weighted by atomic mass is 35.5. The SMILES string of the molecule is C=CCOc1ccc(C=c2sc3n(c2=O)C(c2ccc(Cl)cc2)C=C(c2ccccc2)N=3)cc1OC. The molecule has 3 aromatic carbocycles. The van der Waals surface area contributed by atoms with Gasteiger partial charge in [0.15, 0.2) is 16.3 Å². The molecule has 4 aromatic rings. The number of hydrogen-bond donors (Lipinski definition) is 0. The van der Waals surface area contributed by atoms with Gasteiger partial charge in [-0.2, -0.15) is 0 Å². The summed E-state index contributed by atoms with van der Waals surface area (Å²) in [6, 6.07) is 22.8. The van der Waals surface area contributed by atoms with Crippen LogP contribution in [0.1, 0.15) is 22.7 Å². The smallest absolute Gasteiger partial charge is 0.271 e. The van der Waals surface area contributed by atoms with Gasteiger partial charge in [-0.15, -0.1) is 0 Å². The second-order valence-electron chi connectivity index (χ2n) is 8.10. The number of rotatable bonds is 7. The van der Waals surface area contributed by atoms with E-state index in [9.17, 15) is 4.79 Å². The minimum absolute atomic E-state index is 0.104. The molecule has 7 heteroatoms. The molecule has 0 saturated heterocycles. The highest BCUT2D eigenvalue weighted by molar-refractivity contribution is 7.07. The van der Waals surface area contributed by atoms with Gasteiger partial charge in [-0.25, -0.2) is 4.99 Å². The number of halogens is 1. The Bertz CT molecular complexity index is 1620. The molecular weight excluding hydrogens is 492 g/mol. The monoisotopic (exact) mass is 514 g/mol. The minimum Gasteiger partial charge on any atom is -0.493 e. The summed E-state index contributed by atoms with van der Waals surface area (Å²) >= 11 is 7.50. The predicted octanol–water partition coefficient (Wildman–Crippen LogP) is 5.23. The maximum Gasteiger partial charge on any atom is 0.271 e. The first-order valence-corrected chi connectivity index (χ1v) is 12.5. The van der Waals surface area contributed by atoms with E-state index in [1.165, 1.54) is 11.3 Å². The zero-order valence-corrected chi connectivity index (χ0v) is 21.1. The van der Waals surface area contributed by atoms with E-state index in [1.807, 2.05) is 84.9 Å². The first kappa shape index (κ1) is 23.9. The van der Waals surface area contributed by atoms with E-state index in [0.29, 0.717) is 32.5 Å². The number of methoxy groups -OCH3 is 1. The molecule has 2 heterocycles. The third-order valence-electron chi connectivity index (χ3n) is 5.77. The summed E-state index contributed by atoms with van der Waals surface area (Å²) in [6.45, 7) is 4.05. The Morgan fingerprint density at radius 3 is 2.58 bits per heavy atom. The van der Waals surface area contributed by atoms with E-state index >= 15 is 0 Å². The van der Waals surface area contributed by atoms with Crippen LogP contribution in [0.25, 0.3) is 11.8 Å². The molecule has 1 aromatic heterocycles. The molecule has 5 rings (SSSR count). The molecule has 0 amide bonds. The topological polar surface area (TPSA) is 52.8 Å². The Balaban J connectivity index is 1.65. The third kappa shape index (κ3) is 4.78. The summed E-state index contributed by atoms with van der Waals surface area (Å²) < 4.78 is 13.5. The molecule has 5 nitrogen and oxygen atoms in total. The average molecular weight is 515 g/mol. The number of thiazole rings is 1. The largest absolute Gasteiger partial charge is 0.493 e. The highest BCUT2D eigenvalue weighted by Gasteiger charge is 2.22. The van der Waals surface area contributed by atoms with E-state index in [-0.39, 0.29) is 11.6 Å². The van der Waals surface area contributed by atoms with E-state index in [4.69, 9.17) is 26.1 Å². The van der Waals surface area contributed by atoms with Crippen molar-refractivity contribution in [1.82, 2.24) is 4.57 Å². The van der Waals surface area contributed by atoms with E-state index in [1.54, 1.807) is 17.8 Å². The van der Waals surface area contributed by atoms with Crippen molar-refractivity contribution < 1.29 is 9.47 Å². The van der Waals surface area contributed by atoms with Crippen molar-refractivity contribution in [2.45, 2.75) is 6.04 Å². The van der Waals surface area contributed by atoms with Gasteiger partial charge in [-0.1, -0.05) is 84.1 Å². The van der Waals surface area contributed by atoms with Crippen LogP contribution < -0.4 is 24.4 Å². The van der Waals surface area contributed by atoms with Crippen molar-refractivity contribution in [2.24, 2.45) is 4.99 Å². The molecule has 1 unspecified atom stereocenters. The van der Waals surface area contributed by atoms with Crippen LogP contribution in [0.5, 0.6) is 11.5 Å². The summed E-state index contributed by atoms with van der Waals surface area (Å²) in [5.41, 5.74) is 3.50. The molecule has 36 heavy (non-hydrogen) atoms. The molecule has 0 saturated carbocycles. The summed E-state index contributed by atoms with van der Waals surface area (Å²) in [6.07, 6.45) is 5.56. The minimum atomic E-state index is -0.305. The summed E-state index contributed by atoms with van der Waals surface area (Å²) in [7, 11) is 1.59. The van der Waals surface area contributed by atoms with Gasteiger partial charge in [0.2, 0.25) is 0 Å². The summed E-state index contributed by atoms with van der Waals surface area (Å²) in [4.78, 5) is 19.1. The highest BCUT2D eigenvalue weighted by Crippen LogP contribution is 2.29. The lowest BCUT2D eigenvalue weighted by molar-refractivity contribution is 0.326. The van der Waals surface area contributed by atoms with Crippen LogP contribution in [-0.4, -0.2) is 18.3 Å².